The van der Waals surface area contributed by atoms with Crippen LogP contribution in [0.25, 0.3) is 0 Å². The van der Waals surface area contributed by atoms with Crippen LogP contribution in [0, 0.1) is 6.92 Å². The fourth-order valence-corrected chi connectivity index (χ4v) is 4.31. The van der Waals surface area contributed by atoms with Crippen molar-refractivity contribution in [2.45, 2.75) is 51.6 Å². The fraction of sp³-hybridized carbons (Fsp3) is 0.435. The molecule has 0 bridgehead atoms. The molecular formula is C23H30NO5P. The number of phosphoric acid groups is 1. The third-order valence-electron chi connectivity index (χ3n) is 5.49. The summed E-state index contributed by atoms with van der Waals surface area (Å²) in [6, 6.07) is 17.2. The van der Waals surface area contributed by atoms with E-state index in [-0.39, 0.29) is 12.5 Å². The van der Waals surface area contributed by atoms with Crippen LogP contribution in [-0.2, 0) is 33.1 Å². The summed E-state index contributed by atoms with van der Waals surface area (Å²) in [6.07, 6.45) is 3.93. The first-order chi connectivity index (χ1) is 14.3. The van der Waals surface area contributed by atoms with Gasteiger partial charge in [0.1, 0.15) is 0 Å². The average molecular weight is 431 g/mol. The van der Waals surface area contributed by atoms with Crippen LogP contribution in [0.4, 0.5) is 0 Å². The Hall–Kier alpha value is -1.98. The quantitative estimate of drug-likeness (QED) is 0.590. The van der Waals surface area contributed by atoms with Crippen LogP contribution in [0.3, 0.4) is 0 Å². The van der Waals surface area contributed by atoms with Crippen molar-refractivity contribution in [3.63, 3.8) is 0 Å². The summed E-state index contributed by atoms with van der Waals surface area (Å²) in [7, 11) is -4.50. The normalized spacial score (nSPS) is 16.8. The highest BCUT2D eigenvalue weighted by molar-refractivity contribution is 7.46. The predicted octanol–water partition coefficient (Wildman–Crippen LogP) is 3.81. The molecule has 0 spiro atoms. The molecule has 6 nitrogen and oxygen atoms in total. The highest BCUT2D eigenvalue weighted by Gasteiger charge is 2.31. The van der Waals surface area contributed by atoms with E-state index in [0.29, 0.717) is 19.4 Å². The molecule has 1 aliphatic heterocycles. The maximum atomic E-state index is 12.3. The number of aryl methyl sites for hydroxylation is 4. The lowest BCUT2D eigenvalue weighted by atomic mass is 10.0. The maximum Gasteiger partial charge on any atom is 0.469 e. The first-order valence-corrected chi connectivity index (χ1v) is 12.0. The molecule has 0 radical (unpaired) electrons. The van der Waals surface area contributed by atoms with Crippen molar-refractivity contribution in [3.8, 4) is 0 Å². The zero-order valence-electron chi connectivity index (χ0n) is 17.4. The van der Waals surface area contributed by atoms with Gasteiger partial charge in [-0.1, -0.05) is 54.1 Å². The smallest absolute Gasteiger partial charge is 0.340 e. The Bertz CT molecular complexity index is 875. The number of rotatable bonds is 9. The van der Waals surface area contributed by atoms with Gasteiger partial charge in [0.15, 0.2) is 0 Å². The Morgan fingerprint density at radius 1 is 1.00 bits per heavy atom. The summed E-state index contributed by atoms with van der Waals surface area (Å²) in [5.74, 6) is 0.0153. The van der Waals surface area contributed by atoms with Crippen molar-refractivity contribution < 1.29 is 23.7 Å². The number of likely N-dealkylation sites (tertiary alicyclic amines) is 1. The topological polar surface area (TPSA) is 87.1 Å². The molecule has 0 unspecified atom stereocenters. The molecule has 2 N–H and O–H groups in total. The van der Waals surface area contributed by atoms with Crippen molar-refractivity contribution in [2.75, 3.05) is 13.1 Å². The number of amides is 1. The van der Waals surface area contributed by atoms with Gasteiger partial charge in [-0.05, 0) is 55.7 Å². The molecule has 1 aliphatic rings. The van der Waals surface area contributed by atoms with Gasteiger partial charge in [-0.2, -0.15) is 0 Å². The first kappa shape index (κ1) is 22.7. The van der Waals surface area contributed by atoms with Gasteiger partial charge in [0.2, 0.25) is 5.91 Å². The molecule has 2 aromatic rings. The summed E-state index contributed by atoms with van der Waals surface area (Å²) in [6.45, 7) is 2.83. The van der Waals surface area contributed by atoms with Gasteiger partial charge in [0.05, 0.1) is 6.10 Å². The highest BCUT2D eigenvalue weighted by Crippen LogP contribution is 2.39. The van der Waals surface area contributed by atoms with Crippen molar-refractivity contribution in [2.24, 2.45) is 0 Å². The monoisotopic (exact) mass is 431 g/mol. The minimum Gasteiger partial charge on any atom is -0.340 e. The third-order valence-corrected chi connectivity index (χ3v) is 6.06. The second-order valence-corrected chi connectivity index (χ2v) is 9.19. The van der Waals surface area contributed by atoms with E-state index in [0.717, 1.165) is 25.7 Å². The molecule has 0 aliphatic carbocycles. The van der Waals surface area contributed by atoms with Crippen molar-refractivity contribution in [3.05, 3.63) is 70.8 Å². The predicted molar refractivity (Wildman–Crippen MR) is 116 cm³/mol. The van der Waals surface area contributed by atoms with Gasteiger partial charge in [0.25, 0.3) is 0 Å². The van der Waals surface area contributed by atoms with E-state index in [1.165, 1.54) is 22.3 Å². The zero-order chi connectivity index (χ0) is 21.6. The van der Waals surface area contributed by atoms with Gasteiger partial charge in [-0.3, -0.25) is 9.32 Å². The summed E-state index contributed by atoms with van der Waals surface area (Å²) in [5.41, 5.74) is 5.15. The Kier molecular flexibility index (Phi) is 7.84. The average Bonchev–Trinajstić information content (AvgIpc) is 3.15. The Morgan fingerprint density at radius 2 is 1.53 bits per heavy atom. The lowest BCUT2D eigenvalue weighted by molar-refractivity contribution is -0.130. The van der Waals surface area contributed by atoms with Gasteiger partial charge in [-0.25, -0.2) is 4.57 Å². The third kappa shape index (κ3) is 7.37. The van der Waals surface area contributed by atoms with E-state index in [4.69, 9.17) is 14.3 Å². The van der Waals surface area contributed by atoms with E-state index in [1.807, 2.05) is 0 Å². The van der Waals surface area contributed by atoms with Crippen molar-refractivity contribution in [1.29, 1.82) is 0 Å². The first-order valence-electron chi connectivity index (χ1n) is 10.4. The van der Waals surface area contributed by atoms with Gasteiger partial charge >= 0.3 is 7.82 Å². The molecule has 0 aromatic heterocycles. The molecular weight excluding hydrogens is 401 g/mol. The number of benzene rings is 2. The summed E-state index contributed by atoms with van der Waals surface area (Å²) in [5, 5.41) is 0. The molecule has 1 saturated heterocycles. The van der Waals surface area contributed by atoms with E-state index in [9.17, 15) is 9.36 Å². The van der Waals surface area contributed by atoms with Crippen LogP contribution in [0.5, 0.6) is 0 Å². The molecule has 3 rings (SSSR count). The van der Waals surface area contributed by atoms with Gasteiger partial charge in [-0.15, -0.1) is 0 Å². The largest absolute Gasteiger partial charge is 0.469 e. The molecule has 162 valence electrons. The number of phosphoric ester groups is 1. The van der Waals surface area contributed by atoms with Crippen LogP contribution in [0.1, 0.15) is 41.5 Å². The molecule has 2 aromatic carbocycles. The number of hydrogen-bond donors (Lipinski definition) is 2. The lowest BCUT2D eigenvalue weighted by Crippen LogP contribution is -2.29. The lowest BCUT2D eigenvalue weighted by Gasteiger charge is -2.17. The summed E-state index contributed by atoms with van der Waals surface area (Å²) < 4.78 is 15.6. The minimum absolute atomic E-state index is 0.0153. The summed E-state index contributed by atoms with van der Waals surface area (Å²) in [4.78, 5) is 31.7. The summed E-state index contributed by atoms with van der Waals surface area (Å²) >= 11 is 0. The number of nitrogens with zero attached hydrogens (tertiary/aromatic N) is 1. The molecule has 30 heavy (non-hydrogen) atoms. The number of hydrogen-bond acceptors (Lipinski definition) is 3. The Balaban J connectivity index is 1.37. The Morgan fingerprint density at radius 3 is 2.10 bits per heavy atom. The maximum absolute atomic E-state index is 12.3. The van der Waals surface area contributed by atoms with Gasteiger partial charge < -0.3 is 14.7 Å². The van der Waals surface area contributed by atoms with Crippen LogP contribution in [-0.4, -0.2) is 39.8 Å². The van der Waals surface area contributed by atoms with Crippen LogP contribution in [0.2, 0.25) is 0 Å². The molecule has 1 fully saturated rings. The van der Waals surface area contributed by atoms with Gasteiger partial charge in [0, 0.05) is 19.5 Å². The second-order valence-electron chi connectivity index (χ2n) is 8.00. The van der Waals surface area contributed by atoms with E-state index in [1.54, 1.807) is 4.90 Å². The standard InChI is InChI=1S/C23H30NO5P/c1-18-5-7-20(8-6-18)13-14-21-11-9-19(10-12-21)3-2-4-23(25)24-16-15-22(17-24)29-30(26,27)28/h5-12,22H,2-4,13-17H2,1H3,(H2,26,27,28)/t22-/m1/s1. The zero-order valence-corrected chi connectivity index (χ0v) is 18.3. The van der Waals surface area contributed by atoms with Crippen LogP contribution < -0.4 is 0 Å². The van der Waals surface area contributed by atoms with Crippen molar-refractivity contribution >= 4 is 13.7 Å². The van der Waals surface area contributed by atoms with Crippen LogP contribution in [0.15, 0.2) is 48.5 Å². The molecule has 1 amide bonds. The molecule has 1 atom stereocenters. The Labute approximate surface area is 178 Å². The SMILES string of the molecule is Cc1ccc(CCc2ccc(CCCC(=O)N3CC[C@@H](OP(=O)(O)O)C3)cc2)cc1. The highest BCUT2D eigenvalue weighted by atomic mass is 31.2. The molecule has 1 heterocycles. The second kappa shape index (κ2) is 10.4. The van der Waals surface area contributed by atoms with Crippen LogP contribution >= 0.6 is 7.82 Å². The van der Waals surface area contributed by atoms with E-state index in [2.05, 4.69) is 55.5 Å². The number of carbonyl (C=O) groups is 1. The van der Waals surface area contributed by atoms with Crippen molar-refractivity contribution in [1.82, 2.24) is 4.90 Å². The minimum atomic E-state index is -4.50. The van der Waals surface area contributed by atoms with E-state index >= 15 is 0 Å². The molecule has 7 heteroatoms. The van der Waals surface area contributed by atoms with E-state index < -0.39 is 13.9 Å². The molecule has 0 saturated carbocycles. The fourth-order valence-electron chi connectivity index (χ4n) is 3.75. The number of carbonyl (C=O) groups excluding carboxylic acids is 1.